The van der Waals surface area contributed by atoms with Gasteiger partial charge in [-0.15, -0.1) is 10.2 Å². The molecule has 1 aliphatic rings. The molecule has 2 heterocycles. The number of hydrogen-bond donors (Lipinski definition) is 2. The fourth-order valence-corrected chi connectivity index (χ4v) is 3.28. The van der Waals surface area contributed by atoms with Gasteiger partial charge in [-0.1, -0.05) is 11.6 Å². The Labute approximate surface area is 138 Å². The van der Waals surface area contributed by atoms with E-state index >= 15 is 0 Å². The van der Waals surface area contributed by atoms with Crippen LogP contribution in [0.2, 0.25) is 5.02 Å². The number of nitriles is 1. The molecule has 2 aromatic rings. The molecule has 3 rings (SSSR count). The van der Waals surface area contributed by atoms with E-state index in [0.717, 1.165) is 12.2 Å². The number of aliphatic hydroxyl groups excluding tert-OH is 1. The highest BCUT2D eigenvalue weighted by atomic mass is 35.5. The van der Waals surface area contributed by atoms with Gasteiger partial charge in [0.05, 0.1) is 16.7 Å². The summed E-state index contributed by atoms with van der Waals surface area (Å²) in [5, 5.41) is 30.7. The summed E-state index contributed by atoms with van der Waals surface area (Å²) in [5.41, 5.74) is 0.420. The van der Waals surface area contributed by atoms with E-state index in [1.54, 1.807) is 12.4 Å². The van der Waals surface area contributed by atoms with Gasteiger partial charge in [0.25, 0.3) is 0 Å². The molecule has 1 fully saturated rings. The van der Waals surface area contributed by atoms with E-state index in [4.69, 9.17) is 16.9 Å². The quantitative estimate of drug-likeness (QED) is 0.884. The van der Waals surface area contributed by atoms with Crippen LogP contribution in [0, 0.1) is 17.2 Å². The van der Waals surface area contributed by atoms with Crippen molar-refractivity contribution >= 4 is 17.4 Å². The Morgan fingerprint density at radius 2 is 2.35 bits per heavy atom. The zero-order valence-electron chi connectivity index (χ0n) is 12.6. The Morgan fingerprint density at radius 3 is 3.00 bits per heavy atom. The molecular formula is C15H17ClN6O. The van der Waals surface area contributed by atoms with Crippen molar-refractivity contribution in [1.29, 1.82) is 5.26 Å². The lowest BCUT2D eigenvalue weighted by Crippen LogP contribution is -2.22. The van der Waals surface area contributed by atoms with Crippen molar-refractivity contribution in [2.75, 3.05) is 11.9 Å². The predicted octanol–water partition coefficient (Wildman–Crippen LogP) is 1.70. The molecule has 0 aromatic carbocycles. The highest BCUT2D eigenvalue weighted by molar-refractivity contribution is 6.33. The Balaban J connectivity index is 1.63. The molecule has 0 unspecified atom stereocenters. The topological polar surface area (TPSA) is 99.7 Å². The highest BCUT2D eigenvalue weighted by Crippen LogP contribution is 2.37. The first-order valence-electron chi connectivity index (χ1n) is 7.40. The smallest absolute Gasteiger partial charge is 0.144 e. The fraction of sp³-hybridized carbons (Fsp3) is 0.467. The Morgan fingerprint density at radius 1 is 1.52 bits per heavy atom. The van der Waals surface area contributed by atoms with Crippen LogP contribution >= 0.6 is 11.6 Å². The summed E-state index contributed by atoms with van der Waals surface area (Å²) < 4.78 is 1.90. The van der Waals surface area contributed by atoms with Gasteiger partial charge in [-0.25, -0.2) is 4.98 Å². The summed E-state index contributed by atoms with van der Waals surface area (Å²) in [6.07, 6.45) is 4.25. The van der Waals surface area contributed by atoms with E-state index in [9.17, 15) is 5.11 Å². The standard InChI is InChI=1S/C15H17ClN6O/c1-22-8-20-21-15(22)10-3-11(13(23)4-10)7-19-14-12(16)2-9(5-17)6-18-14/h2,6,8,10-11,13,23H,3-4,7H2,1H3,(H,18,19)/t10-,11+,13+/m0/s1. The number of halogens is 1. The maximum Gasteiger partial charge on any atom is 0.144 e. The van der Waals surface area contributed by atoms with Gasteiger partial charge in [-0.3, -0.25) is 0 Å². The molecule has 8 heteroatoms. The van der Waals surface area contributed by atoms with Crippen LogP contribution in [0.15, 0.2) is 18.6 Å². The molecule has 0 radical (unpaired) electrons. The molecule has 2 aromatic heterocycles. The number of pyridine rings is 1. The van der Waals surface area contributed by atoms with E-state index in [1.165, 1.54) is 6.20 Å². The lowest BCUT2D eigenvalue weighted by atomic mass is 10.0. The first kappa shape index (κ1) is 15.7. The third-order valence-electron chi connectivity index (χ3n) is 4.27. The summed E-state index contributed by atoms with van der Waals surface area (Å²) >= 11 is 6.10. The molecule has 0 spiro atoms. The molecule has 23 heavy (non-hydrogen) atoms. The van der Waals surface area contributed by atoms with Crippen LogP contribution < -0.4 is 5.32 Å². The SMILES string of the molecule is Cn1cnnc1[C@H]1C[C@H](CNc2ncc(C#N)cc2Cl)[C@H](O)C1. The van der Waals surface area contributed by atoms with Crippen LogP contribution in [-0.2, 0) is 7.05 Å². The van der Waals surface area contributed by atoms with Gasteiger partial charge in [-0.2, -0.15) is 5.26 Å². The largest absolute Gasteiger partial charge is 0.393 e. The van der Waals surface area contributed by atoms with Crippen LogP contribution in [0.1, 0.15) is 30.1 Å². The average molecular weight is 333 g/mol. The zero-order valence-corrected chi connectivity index (χ0v) is 13.4. The summed E-state index contributed by atoms with van der Waals surface area (Å²) in [5.74, 6) is 1.72. The maximum absolute atomic E-state index is 10.3. The summed E-state index contributed by atoms with van der Waals surface area (Å²) in [6, 6.07) is 3.57. The van der Waals surface area contributed by atoms with Crippen LogP contribution in [0.5, 0.6) is 0 Å². The first-order valence-corrected chi connectivity index (χ1v) is 7.77. The van der Waals surface area contributed by atoms with E-state index in [1.807, 2.05) is 17.7 Å². The number of anilines is 1. The predicted molar refractivity (Wildman–Crippen MR) is 84.9 cm³/mol. The fourth-order valence-electron chi connectivity index (χ4n) is 3.05. The molecule has 0 aliphatic heterocycles. The van der Waals surface area contributed by atoms with Gasteiger partial charge < -0.3 is 15.0 Å². The lowest BCUT2D eigenvalue weighted by Gasteiger charge is -2.16. The van der Waals surface area contributed by atoms with Crippen LogP contribution in [0.3, 0.4) is 0 Å². The van der Waals surface area contributed by atoms with Crippen molar-refractivity contribution in [2.24, 2.45) is 13.0 Å². The van der Waals surface area contributed by atoms with Crippen molar-refractivity contribution in [1.82, 2.24) is 19.7 Å². The van der Waals surface area contributed by atoms with E-state index in [2.05, 4.69) is 20.5 Å². The molecular weight excluding hydrogens is 316 g/mol. The molecule has 0 amide bonds. The molecule has 120 valence electrons. The monoisotopic (exact) mass is 332 g/mol. The van der Waals surface area contributed by atoms with Crippen LogP contribution in [0.4, 0.5) is 5.82 Å². The minimum absolute atomic E-state index is 0.0882. The summed E-state index contributed by atoms with van der Waals surface area (Å²) in [4.78, 5) is 4.14. The first-order chi connectivity index (χ1) is 11.1. The number of rotatable bonds is 4. The Hall–Kier alpha value is -2.17. The molecule has 2 N–H and O–H groups in total. The summed E-state index contributed by atoms with van der Waals surface area (Å²) in [6.45, 7) is 0.564. The number of nitrogens with one attached hydrogen (secondary N) is 1. The number of aliphatic hydroxyl groups is 1. The van der Waals surface area contributed by atoms with Crippen molar-refractivity contribution in [3.8, 4) is 6.07 Å². The van der Waals surface area contributed by atoms with Gasteiger partial charge in [0.2, 0.25) is 0 Å². The van der Waals surface area contributed by atoms with Gasteiger partial charge in [0.15, 0.2) is 0 Å². The van der Waals surface area contributed by atoms with Crippen molar-refractivity contribution in [3.05, 3.63) is 35.0 Å². The minimum atomic E-state index is -0.402. The van der Waals surface area contributed by atoms with E-state index < -0.39 is 6.10 Å². The molecule has 0 bridgehead atoms. The molecule has 7 nitrogen and oxygen atoms in total. The van der Waals surface area contributed by atoms with Crippen LogP contribution in [0.25, 0.3) is 0 Å². The van der Waals surface area contributed by atoms with Crippen molar-refractivity contribution in [2.45, 2.75) is 24.9 Å². The highest BCUT2D eigenvalue weighted by Gasteiger charge is 2.35. The second-order valence-electron chi connectivity index (χ2n) is 5.84. The van der Waals surface area contributed by atoms with Gasteiger partial charge in [-0.05, 0) is 18.9 Å². The normalized spacial score (nSPS) is 23.7. The number of hydrogen-bond acceptors (Lipinski definition) is 6. The number of aryl methyl sites for hydroxylation is 1. The van der Waals surface area contributed by atoms with Gasteiger partial charge in [0.1, 0.15) is 24.0 Å². The van der Waals surface area contributed by atoms with Crippen molar-refractivity contribution < 1.29 is 5.11 Å². The Kier molecular flexibility index (Phi) is 4.46. The van der Waals surface area contributed by atoms with Crippen LogP contribution in [-0.4, -0.2) is 37.5 Å². The second-order valence-corrected chi connectivity index (χ2v) is 6.25. The molecule has 1 aliphatic carbocycles. The third kappa shape index (κ3) is 3.28. The number of nitrogens with zero attached hydrogens (tertiary/aromatic N) is 5. The molecule has 0 saturated heterocycles. The third-order valence-corrected chi connectivity index (χ3v) is 4.56. The van der Waals surface area contributed by atoms with Gasteiger partial charge in [0, 0.05) is 31.6 Å². The average Bonchev–Trinajstić information content (AvgIpc) is 3.11. The second kappa shape index (κ2) is 6.52. The lowest BCUT2D eigenvalue weighted by molar-refractivity contribution is 0.137. The maximum atomic E-state index is 10.3. The van der Waals surface area contributed by atoms with Gasteiger partial charge >= 0.3 is 0 Å². The summed E-state index contributed by atoms with van der Waals surface area (Å²) in [7, 11) is 1.91. The van der Waals surface area contributed by atoms with E-state index in [-0.39, 0.29) is 11.8 Å². The van der Waals surface area contributed by atoms with Crippen molar-refractivity contribution in [3.63, 3.8) is 0 Å². The van der Waals surface area contributed by atoms with E-state index in [0.29, 0.717) is 29.4 Å². The zero-order chi connectivity index (χ0) is 16.4. The number of aromatic nitrogens is 4. The minimum Gasteiger partial charge on any atom is -0.393 e. The molecule has 3 atom stereocenters. The Bertz CT molecular complexity index is 740. The molecule has 1 saturated carbocycles.